The molecule has 6 nitrogen and oxygen atoms in total. The average molecular weight is 347 g/mol. The third kappa shape index (κ3) is 4.71. The van der Waals surface area contributed by atoms with E-state index in [1.165, 1.54) is 5.56 Å². The molecule has 0 aliphatic carbocycles. The molecule has 2 saturated heterocycles. The molecule has 2 heterocycles. The normalized spacial score (nSPS) is 24.5. The lowest BCUT2D eigenvalue weighted by molar-refractivity contribution is -0.144. The van der Waals surface area contributed by atoms with Crippen LogP contribution >= 0.6 is 0 Å². The minimum absolute atomic E-state index is 0.0508. The number of amides is 1. The van der Waals surface area contributed by atoms with Crippen LogP contribution < -0.4 is 10.5 Å². The number of ether oxygens (including phenoxy) is 2. The maximum absolute atomic E-state index is 12.6. The smallest absolute Gasteiger partial charge is 0.251 e. The number of hydrogen-bond acceptors (Lipinski definition) is 5. The van der Waals surface area contributed by atoms with E-state index in [2.05, 4.69) is 17.0 Å². The first-order valence-corrected chi connectivity index (χ1v) is 9.28. The number of rotatable bonds is 6. The van der Waals surface area contributed by atoms with Crippen molar-refractivity contribution in [3.05, 3.63) is 29.8 Å². The number of carbonyl (C=O) groups excluding carboxylic acids is 1. The van der Waals surface area contributed by atoms with Crippen LogP contribution in [0.4, 0.5) is 0 Å². The summed E-state index contributed by atoms with van der Waals surface area (Å²) in [5.41, 5.74) is 6.90. The molecule has 2 N–H and O–H groups in total. The van der Waals surface area contributed by atoms with Crippen LogP contribution in [0.25, 0.3) is 0 Å². The van der Waals surface area contributed by atoms with E-state index in [9.17, 15) is 4.79 Å². The Balaban J connectivity index is 1.44. The zero-order valence-corrected chi connectivity index (χ0v) is 15.0. The molecule has 6 heteroatoms. The molecule has 2 atom stereocenters. The van der Waals surface area contributed by atoms with Crippen molar-refractivity contribution in [1.29, 1.82) is 0 Å². The van der Waals surface area contributed by atoms with E-state index in [-0.39, 0.29) is 18.1 Å². The third-order valence-corrected chi connectivity index (χ3v) is 4.97. The van der Waals surface area contributed by atoms with Crippen LogP contribution in [0.5, 0.6) is 5.75 Å². The van der Waals surface area contributed by atoms with Gasteiger partial charge >= 0.3 is 0 Å². The summed E-state index contributed by atoms with van der Waals surface area (Å²) in [6.07, 6.45) is 1.46. The Hall–Kier alpha value is -1.63. The van der Waals surface area contributed by atoms with Crippen LogP contribution in [-0.2, 0) is 16.1 Å². The van der Waals surface area contributed by atoms with E-state index >= 15 is 0 Å². The Bertz CT molecular complexity index is 556. The van der Waals surface area contributed by atoms with Crippen LogP contribution in [0.15, 0.2) is 24.3 Å². The van der Waals surface area contributed by atoms with Gasteiger partial charge < -0.3 is 20.1 Å². The van der Waals surface area contributed by atoms with Crippen LogP contribution in [-0.4, -0.2) is 67.2 Å². The number of piperazine rings is 1. The summed E-state index contributed by atoms with van der Waals surface area (Å²) < 4.78 is 11.2. The summed E-state index contributed by atoms with van der Waals surface area (Å²) in [5, 5.41) is 0. The zero-order chi connectivity index (χ0) is 17.6. The van der Waals surface area contributed by atoms with Crippen molar-refractivity contribution in [1.82, 2.24) is 9.80 Å². The summed E-state index contributed by atoms with van der Waals surface area (Å²) in [6.45, 7) is 7.40. The summed E-state index contributed by atoms with van der Waals surface area (Å²) in [5.74, 6) is 1.05. The standard InChI is InChI=1S/C19H29N3O3/c1-2-24-16-5-3-15(4-6-16)14-21-9-11-22(12-10-21)19(23)18-8-7-17(13-20)25-18/h3-6,17-18H,2,7-14,20H2,1H3/t17-,18+/m1/s1. The number of benzene rings is 1. The number of nitrogens with two attached hydrogens (primary N) is 1. The Morgan fingerprint density at radius 3 is 2.52 bits per heavy atom. The highest BCUT2D eigenvalue weighted by atomic mass is 16.5. The average Bonchev–Trinajstić information content (AvgIpc) is 3.13. The van der Waals surface area contributed by atoms with Gasteiger partial charge in [0.15, 0.2) is 0 Å². The molecule has 0 aromatic heterocycles. The van der Waals surface area contributed by atoms with Crippen LogP contribution in [0.2, 0.25) is 0 Å². The van der Waals surface area contributed by atoms with Gasteiger partial charge in [0.05, 0.1) is 12.7 Å². The molecule has 2 aliphatic rings. The van der Waals surface area contributed by atoms with E-state index in [1.54, 1.807) is 0 Å². The number of nitrogens with zero attached hydrogens (tertiary/aromatic N) is 2. The second-order valence-electron chi connectivity index (χ2n) is 6.74. The van der Waals surface area contributed by atoms with Crippen molar-refractivity contribution in [3.63, 3.8) is 0 Å². The summed E-state index contributed by atoms with van der Waals surface area (Å²) >= 11 is 0. The first-order chi connectivity index (χ1) is 12.2. The van der Waals surface area contributed by atoms with E-state index in [0.717, 1.165) is 51.3 Å². The highest BCUT2D eigenvalue weighted by Crippen LogP contribution is 2.21. The van der Waals surface area contributed by atoms with Crippen LogP contribution in [0.3, 0.4) is 0 Å². The van der Waals surface area contributed by atoms with Crippen molar-refractivity contribution in [2.75, 3.05) is 39.3 Å². The van der Waals surface area contributed by atoms with Gasteiger partial charge in [-0.3, -0.25) is 9.69 Å². The van der Waals surface area contributed by atoms with Gasteiger partial charge in [-0.1, -0.05) is 12.1 Å². The fourth-order valence-electron chi connectivity index (χ4n) is 3.51. The van der Waals surface area contributed by atoms with Crippen molar-refractivity contribution in [2.24, 2.45) is 5.73 Å². The largest absolute Gasteiger partial charge is 0.494 e. The first-order valence-electron chi connectivity index (χ1n) is 9.28. The van der Waals surface area contributed by atoms with Gasteiger partial charge in [-0.25, -0.2) is 0 Å². The Morgan fingerprint density at radius 2 is 1.92 bits per heavy atom. The Kier molecular flexibility index (Phi) is 6.29. The van der Waals surface area contributed by atoms with Gasteiger partial charge in [-0.15, -0.1) is 0 Å². The number of hydrogen-bond donors (Lipinski definition) is 1. The van der Waals surface area contributed by atoms with Gasteiger partial charge in [0.1, 0.15) is 11.9 Å². The van der Waals surface area contributed by atoms with Gasteiger partial charge in [0.25, 0.3) is 5.91 Å². The summed E-state index contributed by atoms with van der Waals surface area (Å²) in [7, 11) is 0. The molecule has 0 unspecified atom stereocenters. The molecule has 1 aromatic rings. The molecule has 2 aliphatic heterocycles. The van der Waals surface area contributed by atoms with Crippen molar-refractivity contribution >= 4 is 5.91 Å². The van der Waals surface area contributed by atoms with Crippen molar-refractivity contribution in [3.8, 4) is 5.75 Å². The maximum Gasteiger partial charge on any atom is 0.251 e. The molecule has 0 spiro atoms. The van der Waals surface area contributed by atoms with E-state index < -0.39 is 0 Å². The lowest BCUT2D eigenvalue weighted by Crippen LogP contribution is -2.51. The van der Waals surface area contributed by atoms with Crippen LogP contribution in [0, 0.1) is 0 Å². The highest BCUT2D eigenvalue weighted by molar-refractivity contribution is 5.81. The molecular formula is C19H29N3O3. The Morgan fingerprint density at radius 1 is 1.20 bits per heavy atom. The second kappa shape index (κ2) is 8.65. The molecular weight excluding hydrogens is 318 g/mol. The fraction of sp³-hybridized carbons (Fsp3) is 0.632. The summed E-state index contributed by atoms with van der Waals surface area (Å²) in [6, 6.07) is 8.26. The molecule has 0 bridgehead atoms. The van der Waals surface area contributed by atoms with Gasteiger partial charge in [-0.05, 0) is 37.5 Å². The third-order valence-electron chi connectivity index (χ3n) is 4.97. The van der Waals surface area contributed by atoms with Gasteiger partial charge in [0, 0.05) is 39.3 Å². The molecule has 138 valence electrons. The lowest BCUT2D eigenvalue weighted by atomic mass is 10.1. The molecule has 3 rings (SSSR count). The monoisotopic (exact) mass is 347 g/mol. The van der Waals surface area contributed by atoms with Crippen molar-refractivity contribution < 1.29 is 14.3 Å². The molecule has 0 radical (unpaired) electrons. The Labute approximate surface area is 149 Å². The number of carbonyl (C=O) groups is 1. The minimum Gasteiger partial charge on any atom is -0.494 e. The predicted molar refractivity (Wildman–Crippen MR) is 96.4 cm³/mol. The molecule has 1 aromatic carbocycles. The molecule has 25 heavy (non-hydrogen) atoms. The second-order valence-corrected chi connectivity index (χ2v) is 6.74. The van der Waals surface area contributed by atoms with Crippen molar-refractivity contribution in [2.45, 2.75) is 38.5 Å². The molecule has 2 fully saturated rings. The quantitative estimate of drug-likeness (QED) is 0.838. The molecule has 1 amide bonds. The predicted octanol–water partition coefficient (Wildman–Crippen LogP) is 1.24. The first kappa shape index (κ1) is 18.2. The topological polar surface area (TPSA) is 68.0 Å². The zero-order valence-electron chi connectivity index (χ0n) is 15.0. The fourth-order valence-corrected chi connectivity index (χ4v) is 3.51. The van der Waals surface area contributed by atoms with E-state index in [4.69, 9.17) is 15.2 Å². The maximum atomic E-state index is 12.6. The van der Waals surface area contributed by atoms with Crippen LogP contribution in [0.1, 0.15) is 25.3 Å². The van der Waals surface area contributed by atoms with E-state index in [1.807, 2.05) is 24.0 Å². The molecule has 0 saturated carbocycles. The highest BCUT2D eigenvalue weighted by Gasteiger charge is 2.34. The van der Waals surface area contributed by atoms with Gasteiger partial charge in [-0.2, -0.15) is 0 Å². The van der Waals surface area contributed by atoms with E-state index in [0.29, 0.717) is 13.2 Å². The lowest BCUT2D eigenvalue weighted by Gasteiger charge is -2.35. The van der Waals surface area contributed by atoms with Gasteiger partial charge in [0.2, 0.25) is 0 Å². The minimum atomic E-state index is -0.286. The summed E-state index contributed by atoms with van der Waals surface area (Å²) in [4.78, 5) is 16.9. The SMILES string of the molecule is CCOc1ccc(CN2CCN(C(=O)[C@@H]3CC[C@H](CN)O3)CC2)cc1.